The van der Waals surface area contributed by atoms with E-state index in [2.05, 4.69) is 25.9 Å². The second-order valence-electron chi connectivity index (χ2n) is 7.36. The summed E-state index contributed by atoms with van der Waals surface area (Å²) < 4.78 is 1.37. The summed E-state index contributed by atoms with van der Waals surface area (Å²) >= 11 is 0. The van der Waals surface area contributed by atoms with Crippen molar-refractivity contribution < 1.29 is 9.72 Å². The zero-order chi connectivity index (χ0) is 23.4. The molecule has 0 unspecified atom stereocenters. The molecule has 2 aromatic heterocycles. The first-order valence-corrected chi connectivity index (χ1v) is 10.1. The van der Waals surface area contributed by atoms with E-state index in [4.69, 9.17) is 0 Å². The number of carbonyl (C=O) groups excluding carboxylic acids is 1. The van der Waals surface area contributed by atoms with Gasteiger partial charge in [0.05, 0.1) is 16.5 Å². The summed E-state index contributed by atoms with van der Waals surface area (Å²) in [7, 11) is 0. The van der Waals surface area contributed by atoms with Crippen LogP contribution in [0.2, 0.25) is 0 Å². The molecule has 4 rings (SSSR count). The molecule has 2 aromatic carbocycles. The van der Waals surface area contributed by atoms with Crippen LogP contribution in [0.5, 0.6) is 0 Å². The largest absolute Gasteiger partial charge is 0.357 e. The van der Waals surface area contributed by atoms with Crippen molar-refractivity contribution in [3.63, 3.8) is 0 Å². The maximum absolute atomic E-state index is 13.2. The molecular weight excluding hydrogens is 422 g/mol. The number of amides is 1. The third-order valence-corrected chi connectivity index (χ3v) is 5.03. The first kappa shape index (κ1) is 21.6. The van der Waals surface area contributed by atoms with Crippen molar-refractivity contribution in [2.24, 2.45) is 0 Å². The Hall–Kier alpha value is -4.60. The van der Waals surface area contributed by atoms with Crippen molar-refractivity contribution in [1.29, 1.82) is 0 Å². The number of hydrogen-bond acceptors (Lipinski definition) is 7. The number of nitro groups is 1. The molecule has 10 heteroatoms. The Bertz CT molecular complexity index is 1250. The number of nitrogens with zero attached hydrogens (tertiary/aromatic N) is 5. The molecule has 0 bridgehead atoms. The lowest BCUT2D eigenvalue weighted by Gasteiger charge is -2.18. The number of hydrazine groups is 1. The fraction of sp³-hybridized carbons (Fsp3) is 0.130. The van der Waals surface area contributed by atoms with E-state index >= 15 is 0 Å². The van der Waals surface area contributed by atoms with Crippen molar-refractivity contribution in [3.05, 3.63) is 106 Å². The first-order valence-electron chi connectivity index (χ1n) is 10.1. The molecule has 2 heterocycles. The predicted octanol–water partition coefficient (Wildman–Crippen LogP) is 3.46. The van der Waals surface area contributed by atoms with Crippen LogP contribution in [0.25, 0.3) is 5.82 Å². The predicted molar refractivity (Wildman–Crippen MR) is 122 cm³/mol. The van der Waals surface area contributed by atoms with Gasteiger partial charge in [0.25, 0.3) is 0 Å². The van der Waals surface area contributed by atoms with E-state index < -0.39 is 22.4 Å². The van der Waals surface area contributed by atoms with Crippen molar-refractivity contribution in [2.75, 3.05) is 5.43 Å². The molecule has 2 N–H and O–H groups in total. The molecule has 0 radical (unpaired) electrons. The Labute approximate surface area is 189 Å². The molecular formula is C23H21N7O3. The molecule has 0 saturated heterocycles. The summed E-state index contributed by atoms with van der Waals surface area (Å²) in [6.07, 6.45) is 1.18. The number of rotatable bonds is 7. The topological polar surface area (TPSA) is 128 Å². The monoisotopic (exact) mass is 443 g/mol. The van der Waals surface area contributed by atoms with Crippen molar-refractivity contribution in [1.82, 2.24) is 25.2 Å². The highest BCUT2D eigenvalue weighted by Crippen LogP contribution is 2.29. The van der Waals surface area contributed by atoms with Gasteiger partial charge in [-0.15, -0.1) is 0 Å². The summed E-state index contributed by atoms with van der Waals surface area (Å²) in [6, 6.07) is 20.3. The number of hydrogen-bond donors (Lipinski definition) is 2. The minimum Gasteiger partial charge on any atom is -0.276 e. The van der Waals surface area contributed by atoms with Gasteiger partial charge in [-0.05, 0) is 31.0 Å². The van der Waals surface area contributed by atoms with Gasteiger partial charge in [-0.3, -0.25) is 25.8 Å². The summed E-state index contributed by atoms with van der Waals surface area (Å²) in [4.78, 5) is 32.5. The van der Waals surface area contributed by atoms with E-state index in [1.54, 1.807) is 19.9 Å². The quantitative estimate of drug-likeness (QED) is 0.331. The van der Waals surface area contributed by atoms with Gasteiger partial charge in [-0.25, -0.2) is 14.6 Å². The number of aryl methyl sites for hydroxylation is 2. The third kappa shape index (κ3) is 4.54. The fourth-order valence-corrected chi connectivity index (χ4v) is 3.61. The third-order valence-electron chi connectivity index (χ3n) is 5.03. The number of benzene rings is 2. The van der Waals surface area contributed by atoms with Gasteiger partial charge in [-0.2, -0.15) is 5.10 Å². The Morgan fingerprint density at radius 3 is 2.12 bits per heavy atom. The number of anilines is 1. The Morgan fingerprint density at radius 1 is 1.00 bits per heavy atom. The Kier molecular flexibility index (Phi) is 6.07. The normalized spacial score (nSPS) is 10.8. The average Bonchev–Trinajstić information content (AvgIpc) is 3.16. The van der Waals surface area contributed by atoms with Gasteiger partial charge in [0.1, 0.15) is 6.33 Å². The highest BCUT2D eigenvalue weighted by Gasteiger charge is 2.28. The van der Waals surface area contributed by atoms with E-state index in [-0.39, 0.29) is 11.6 Å². The summed E-state index contributed by atoms with van der Waals surface area (Å²) in [6.45, 7) is 3.55. The molecule has 10 nitrogen and oxygen atoms in total. The van der Waals surface area contributed by atoms with E-state index in [0.717, 1.165) is 11.1 Å². The second kappa shape index (κ2) is 9.27. The molecule has 0 aliphatic carbocycles. The minimum absolute atomic E-state index is 0.0000164. The van der Waals surface area contributed by atoms with Crippen molar-refractivity contribution >= 4 is 17.4 Å². The van der Waals surface area contributed by atoms with Crippen LogP contribution in [0.3, 0.4) is 0 Å². The SMILES string of the molecule is Cc1cc(C)n(-c2ncnc(NNC(=O)C(c3ccccc3)c3ccccc3)c2[N+](=O)[O-])n1. The van der Waals surface area contributed by atoms with E-state index in [9.17, 15) is 14.9 Å². The molecule has 0 aliphatic heterocycles. The zero-order valence-corrected chi connectivity index (χ0v) is 18.0. The zero-order valence-electron chi connectivity index (χ0n) is 18.0. The number of nitrogens with one attached hydrogen (secondary N) is 2. The van der Waals surface area contributed by atoms with E-state index in [1.807, 2.05) is 60.7 Å². The summed E-state index contributed by atoms with van der Waals surface area (Å²) in [5.74, 6) is -1.17. The van der Waals surface area contributed by atoms with Gasteiger partial charge >= 0.3 is 5.69 Å². The number of aromatic nitrogens is 4. The maximum Gasteiger partial charge on any atom is 0.357 e. The van der Waals surface area contributed by atoms with Crippen molar-refractivity contribution in [3.8, 4) is 5.82 Å². The van der Waals surface area contributed by atoms with Crippen LogP contribution >= 0.6 is 0 Å². The van der Waals surface area contributed by atoms with Crippen LogP contribution in [0.4, 0.5) is 11.5 Å². The molecule has 1 amide bonds. The van der Waals surface area contributed by atoms with Gasteiger partial charge < -0.3 is 0 Å². The fourth-order valence-electron chi connectivity index (χ4n) is 3.61. The molecule has 166 valence electrons. The molecule has 4 aromatic rings. The minimum atomic E-state index is -0.628. The second-order valence-corrected chi connectivity index (χ2v) is 7.36. The van der Waals surface area contributed by atoms with E-state index in [1.165, 1.54) is 11.0 Å². The Morgan fingerprint density at radius 2 is 1.61 bits per heavy atom. The molecule has 0 saturated carbocycles. The van der Waals surface area contributed by atoms with Crippen LogP contribution in [-0.2, 0) is 4.79 Å². The van der Waals surface area contributed by atoms with Crippen LogP contribution in [0.1, 0.15) is 28.4 Å². The van der Waals surface area contributed by atoms with Crippen molar-refractivity contribution in [2.45, 2.75) is 19.8 Å². The maximum atomic E-state index is 13.2. The number of carbonyl (C=O) groups is 1. The smallest absolute Gasteiger partial charge is 0.276 e. The van der Waals surface area contributed by atoms with Gasteiger partial charge in [0.2, 0.25) is 17.5 Å². The van der Waals surface area contributed by atoms with Crippen LogP contribution < -0.4 is 10.9 Å². The van der Waals surface area contributed by atoms with Gasteiger partial charge in [-0.1, -0.05) is 60.7 Å². The van der Waals surface area contributed by atoms with Gasteiger partial charge in [0, 0.05) is 5.69 Å². The highest BCUT2D eigenvalue weighted by molar-refractivity contribution is 5.88. The average molecular weight is 443 g/mol. The lowest BCUT2D eigenvalue weighted by atomic mass is 9.91. The standard InChI is InChI=1S/C23H21N7O3/c1-15-13-16(2)29(28-15)22-20(30(32)33)21(24-14-25-22)26-27-23(31)19(17-9-5-3-6-10-17)18-11-7-4-8-12-18/h3-14,19H,1-2H3,(H,27,31)(H,24,25,26). The molecule has 0 fully saturated rings. The lowest BCUT2D eigenvalue weighted by Crippen LogP contribution is -2.35. The summed E-state index contributed by atoms with van der Waals surface area (Å²) in [5.41, 5.74) is 7.72. The Balaban J connectivity index is 1.65. The molecule has 0 atom stereocenters. The molecule has 33 heavy (non-hydrogen) atoms. The van der Waals surface area contributed by atoms with Crippen LogP contribution in [0.15, 0.2) is 73.1 Å². The van der Waals surface area contributed by atoms with Crippen LogP contribution in [0, 0.1) is 24.0 Å². The molecule has 0 spiro atoms. The first-order chi connectivity index (χ1) is 16.0. The summed E-state index contributed by atoms with van der Waals surface area (Å²) in [5, 5.41) is 16.2. The van der Waals surface area contributed by atoms with Crippen LogP contribution in [-0.4, -0.2) is 30.6 Å². The van der Waals surface area contributed by atoms with Gasteiger partial charge in [0.15, 0.2) is 0 Å². The lowest BCUT2D eigenvalue weighted by molar-refractivity contribution is -0.384. The molecule has 0 aliphatic rings. The van der Waals surface area contributed by atoms with E-state index in [0.29, 0.717) is 11.4 Å². The highest BCUT2D eigenvalue weighted by atomic mass is 16.6.